The highest BCUT2D eigenvalue weighted by Gasteiger charge is 2.39. The zero-order valence-corrected chi connectivity index (χ0v) is 17.4. The van der Waals surface area contributed by atoms with E-state index in [1.54, 1.807) is 30.2 Å². The van der Waals surface area contributed by atoms with Gasteiger partial charge in [-0.3, -0.25) is 0 Å². The van der Waals surface area contributed by atoms with Crippen LogP contribution in [0.2, 0.25) is 0 Å². The molecule has 9 heteroatoms. The van der Waals surface area contributed by atoms with Crippen molar-refractivity contribution in [2.45, 2.75) is 30.3 Å². The van der Waals surface area contributed by atoms with Gasteiger partial charge >= 0.3 is 0 Å². The van der Waals surface area contributed by atoms with E-state index >= 15 is 0 Å². The summed E-state index contributed by atoms with van der Waals surface area (Å²) in [5, 5.41) is 9.18. The second-order valence-corrected chi connectivity index (χ2v) is 9.30. The molecule has 1 aliphatic rings. The van der Waals surface area contributed by atoms with Gasteiger partial charge in [-0.05, 0) is 47.5 Å². The number of sulfonamides is 1. The van der Waals surface area contributed by atoms with Crippen LogP contribution in [-0.4, -0.2) is 56.5 Å². The normalized spacial score (nSPS) is 21.2. The number of ether oxygens (including phenoxy) is 1. The van der Waals surface area contributed by atoms with Crippen molar-refractivity contribution in [3.05, 3.63) is 27.1 Å². The van der Waals surface area contributed by atoms with Crippen molar-refractivity contribution >= 4 is 41.9 Å². The van der Waals surface area contributed by atoms with Crippen molar-refractivity contribution in [3.8, 4) is 6.19 Å². The lowest BCUT2D eigenvalue weighted by molar-refractivity contribution is 0.167. The number of nitriles is 1. The van der Waals surface area contributed by atoms with Crippen LogP contribution in [0.3, 0.4) is 0 Å². The van der Waals surface area contributed by atoms with E-state index in [4.69, 9.17) is 4.74 Å². The van der Waals surface area contributed by atoms with Crippen LogP contribution in [-0.2, 0) is 14.8 Å². The summed E-state index contributed by atoms with van der Waals surface area (Å²) in [6.45, 7) is 2.86. The fraction of sp³-hybridized carbons (Fsp3) is 0.533. The van der Waals surface area contributed by atoms with Gasteiger partial charge in [-0.2, -0.15) is 9.57 Å². The molecule has 1 heterocycles. The molecular weight excluding hydrogens is 462 g/mol. The first-order chi connectivity index (χ1) is 11.3. The first kappa shape index (κ1) is 19.7. The number of hydrogen-bond donors (Lipinski definition) is 0. The molecule has 0 saturated carbocycles. The van der Waals surface area contributed by atoms with Gasteiger partial charge in [-0.25, -0.2) is 8.42 Å². The van der Waals surface area contributed by atoms with E-state index in [0.29, 0.717) is 28.5 Å². The summed E-state index contributed by atoms with van der Waals surface area (Å²) in [6.07, 6.45) is 2.74. The summed E-state index contributed by atoms with van der Waals surface area (Å²) >= 11 is 6.65. The minimum atomic E-state index is -3.72. The molecule has 6 nitrogen and oxygen atoms in total. The van der Waals surface area contributed by atoms with Gasteiger partial charge in [0.15, 0.2) is 6.19 Å². The van der Waals surface area contributed by atoms with Crippen molar-refractivity contribution in [2.24, 2.45) is 0 Å². The van der Waals surface area contributed by atoms with Gasteiger partial charge in [0.25, 0.3) is 0 Å². The van der Waals surface area contributed by atoms with Gasteiger partial charge in [-0.1, -0.05) is 15.9 Å². The van der Waals surface area contributed by atoms with Crippen LogP contribution < -0.4 is 0 Å². The van der Waals surface area contributed by atoms with Crippen LogP contribution in [0, 0.1) is 11.5 Å². The van der Waals surface area contributed by atoms with Gasteiger partial charge in [0.05, 0.1) is 11.5 Å². The second-order valence-electron chi connectivity index (χ2n) is 5.67. The van der Waals surface area contributed by atoms with E-state index in [-0.39, 0.29) is 23.5 Å². The number of benzene rings is 1. The Morgan fingerprint density at radius 2 is 2.17 bits per heavy atom. The Hall–Kier alpha value is -0.660. The average molecular weight is 481 g/mol. The van der Waals surface area contributed by atoms with E-state index in [1.807, 2.05) is 6.92 Å². The predicted octanol–water partition coefficient (Wildman–Crippen LogP) is 2.79. The molecule has 24 heavy (non-hydrogen) atoms. The fourth-order valence-corrected chi connectivity index (χ4v) is 5.91. The van der Waals surface area contributed by atoms with E-state index in [9.17, 15) is 13.7 Å². The summed E-state index contributed by atoms with van der Waals surface area (Å²) < 4.78 is 34.2. The van der Waals surface area contributed by atoms with Crippen LogP contribution in [0.5, 0.6) is 0 Å². The molecule has 1 aromatic carbocycles. The molecule has 0 aliphatic carbocycles. The number of methoxy groups -OCH3 is 1. The Morgan fingerprint density at radius 3 is 2.75 bits per heavy atom. The molecule has 0 aromatic heterocycles. The lowest BCUT2D eigenvalue weighted by Crippen LogP contribution is -2.43. The fourth-order valence-electron chi connectivity index (χ4n) is 2.83. The number of nitrogens with zero attached hydrogens (tertiary/aromatic N) is 3. The van der Waals surface area contributed by atoms with Gasteiger partial charge in [0, 0.05) is 41.2 Å². The third-order valence-corrected chi connectivity index (χ3v) is 7.52. The Balaban J connectivity index is 2.40. The molecule has 0 N–H and O–H groups in total. The van der Waals surface area contributed by atoms with Crippen LogP contribution in [0.1, 0.15) is 13.3 Å². The molecule has 1 aromatic rings. The monoisotopic (exact) mass is 479 g/mol. The SMILES string of the molecule is COCCN([C@H]1C[C@H](C)N(C#N)C1)S(=O)(=O)c1cc(Br)ccc1Br. The largest absolute Gasteiger partial charge is 0.383 e. The van der Waals surface area contributed by atoms with Crippen molar-refractivity contribution in [1.29, 1.82) is 5.26 Å². The van der Waals surface area contributed by atoms with Gasteiger partial charge < -0.3 is 9.64 Å². The van der Waals surface area contributed by atoms with Crippen LogP contribution in [0.4, 0.5) is 0 Å². The maximum Gasteiger partial charge on any atom is 0.244 e. The van der Waals surface area contributed by atoms with Crippen LogP contribution in [0.25, 0.3) is 0 Å². The quantitative estimate of drug-likeness (QED) is 0.585. The van der Waals surface area contributed by atoms with Gasteiger partial charge in [0.1, 0.15) is 0 Å². The van der Waals surface area contributed by atoms with E-state index in [2.05, 4.69) is 38.1 Å². The highest BCUT2D eigenvalue weighted by molar-refractivity contribution is 9.11. The van der Waals surface area contributed by atoms with E-state index < -0.39 is 10.0 Å². The molecule has 0 bridgehead atoms. The first-order valence-corrected chi connectivity index (χ1v) is 10.5. The summed E-state index contributed by atoms with van der Waals surface area (Å²) in [5.41, 5.74) is 0. The third kappa shape index (κ3) is 4.11. The summed E-state index contributed by atoms with van der Waals surface area (Å²) in [6, 6.07) is 4.82. The van der Waals surface area contributed by atoms with Gasteiger partial charge in [-0.15, -0.1) is 0 Å². The summed E-state index contributed by atoms with van der Waals surface area (Å²) in [7, 11) is -2.18. The molecule has 2 rings (SSSR count). The minimum Gasteiger partial charge on any atom is -0.383 e. The van der Waals surface area contributed by atoms with E-state index in [0.717, 1.165) is 0 Å². The highest BCUT2D eigenvalue weighted by atomic mass is 79.9. The highest BCUT2D eigenvalue weighted by Crippen LogP contribution is 2.32. The maximum absolute atomic E-state index is 13.2. The van der Waals surface area contributed by atoms with Crippen molar-refractivity contribution in [1.82, 2.24) is 9.21 Å². The van der Waals surface area contributed by atoms with Crippen LogP contribution >= 0.6 is 31.9 Å². The van der Waals surface area contributed by atoms with Crippen molar-refractivity contribution < 1.29 is 13.2 Å². The number of halogens is 2. The second kappa shape index (κ2) is 8.15. The molecule has 1 aliphatic heterocycles. The lowest BCUT2D eigenvalue weighted by atomic mass is 10.2. The predicted molar refractivity (Wildman–Crippen MR) is 97.8 cm³/mol. The smallest absolute Gasteiger partial charge is 0.244 e. The topological polar surface area (TPSA) is 73.6 Å². The Labute approximate surface area is 159 Å². The first-order valence-electron chi connectivity index (χ1n) is 7.43. The minimum absolute atomic E-state index is 0.0196. The lowest BCUT2D eigenvalue weighted by Gasteiger charge is -2.28. The third-order valence-electron chi connectivity index (χ3n) is 4.08. The van der Waals surface area contributed by atoms with E-state index in [1.165, 1.54) is 4.31 Å². The average Bonchev–Trinajstić information content (AvgIpc) is 2.90. The molecule has 0 amide bonds. The number of likely N-dealkylation sites (tertiary alicyclic amines) is 1. The van der Waals surface area contributed by atoms with Crippen LogP contribution in [0.15, 0.2) is 32.0 Å². The Bertz CT molecular complexity index is 736. The summed E-state index contributed by atoms with van der Waals surface area (Å²) in [5.74, 6) is 0. The zero-order chi connectivity index (χ0) is 17.9. The molecule has 1 fully saturated rings. The van der Waals surface area contributed by atoms with Gasteiger partial charge in [0.2, 0.25) is 10.0 Å². The van der Waals surface area contributed by atoms with Crippen molar-refractivity contribution in [3.63, 3.8) is 0 Å². The molecule has 0 unspecified atom stereocenters. The number of hydrogen-bond acceptors (Lipinski definition) is 5. The van der Waals surface area contributed by atoms with Crippen molar-refractivity contribution in [2.75, 3.05) is 26.8 Å². The molecule has 132 valence electrons. The summed E-state index contributed by atoms with van der Waals surface area (Å²) in [4.78, 5) is 1.83. The molecule has 2 atom stereocenters. The maximum atomic E-state index is 13.2. The Morgan fingerprint density at radius 1 is 1.46 bits per heavy atom. The molecule has 0 spiro atoms. The Kier molecular flexibility index (Phi) is 6.67. The molecule has 0 radical (unpaired) electrons. The molecule has 1 saturated heterocycles. The standard InChI is InChI=1S/C15H19Br2N3O3S/c1-11-7-13(9-19(11)10-18)20(5-6-23-2)24(21,22)15-8-12(16)3-4-14(15)17/h3-4,8,11,13H,5-7,9H2,1-2H3/t11-,13-/m0/s1. The number of rotatable bonds is 6. The molecular formula is C15H19Br2N3O3S. The zero-order valence-electron chi connectivity index (χ0n) is 13.4.